The van der Waals surface area contributed by atoms with Crippen molar-refractivity contribution in [2.45, 2.75) is 19.3 Å². The molecule has 2 N–H and O–H groups in total. The van der Waals surface area contributed by atoms with E-state index in [2.05, 4.69) is 17.2 Å². The van der Waals surface area contributed by atoms with Crippen LogP contribution >= 0.6 is 11.3 Å². The summed E-state index contributed by atoms with van der Waals surface area (Å²) in [5.74, 6) is 6.17. The highest BCUT2D eigenvalue weighted by atomic mass is 32.1. The van der Waals surface area contributed by atoms with Crippen LogP contribution in [0.4, 0.5) is 0 Å². The standard InChI is InChI=1S/C13H15NO2S/c15-7-1-2-12-8-11(9-17-12)13(16)14-6-5-10-3-4-10/h8-10,15H,3-7H2,(H,14,16). The molecule has 1 heterocycles. The van der Waals surface area contributed by atoms with Crippen molar-refractivity contribution in [1.82, 2.24) is 5.32 Å². The topological polar surface area (TPSA) is 49.3 Å². The maximum Gasteiger partial charge on any atom is 0.252 e. The van der Waals surface area contributed by atoms with Crippen LogP contribution in [-0.2, 0) is 0 Å². The van der Waals surface area contributed by atoms with E-state index < -0.39 is 0 Å². The lowest BCUT2D eigenvalue weighted by molar-refractivity contribution is 0.0953. The summed E-state index contributed by atoms with van der Waals surface area (Å²) in [5.41, 5.74) is 0.660. The predicted octanol–water partition coefficient (Wildman–Crippen LogP) is 1.62. The van der Waals surface area contributed by atoms with Gasteiger partial charge in [0.25, 0.3) is 5.91 Å². The van der Waals surface area contributed by atoms with Gasteiger partial charge in [-0.25, -0.2) is 0 Å². The average Bonchev–Trinajstić information content (AvgIpc) is 3.03. The van der Waals surface area contributed by atoms with Crippen LogP contribution in [0.15, 0.2) is 11.4 Å². The van der Waals surface area contributed by atoms with Gasteiger partial charge in [0.15, 0.2) is 0 Å². The van der Waals surface area contributed by atoms with E-state index in [1.165, 1.54) is 24.2 Å². The Hall–Kier alpha value is -1.31. The van der Waals surface area contributed by atoms with E-state index in [1.807, 2.05) is 0 Å². The first-order valence-corrected chi connectivity index (χ1v) is 6.64. The number of rotatable bonds is 4. The molecule has 1 aromatic rings. The van der Waals surface area contributed by atoms with Crippen molar-refractivity contribution in [1.29, 1.82) is 0 Å². The van der Waals surface area contributed by atoms with Crippen molar-refractivity contribution in [3.05, 3.63) is 21.9 Å². The number of hydrogen-bond acceptors (Lipinski definition) is 3. The van der Waals surface area contributed by atoms with Gasteiger partial charge in [0.1, 0.15) is 6.61 Å². The molecule has 4 heteroatoms. The second-order valence-electron chi connectivity index (χ2n) is 4.15. The first-order valence-electron chi connectivity index (χ1n) is 5.76. The Morgan fingerprint density at radius 3 is 3.12 bits per heavy atom. The number of amides is 1. The molecule has 3 nitrogen and oxygen atoms in total. The maximum absolute atomic E-state index is 11.7. The van der Waals surface area contributed by atoms with E-state index in [1.54, 1.807) is 11.4 Å². The lowest BCUT2D eigenvalue weighted by Crippen LogP contribution is -2.24. The zero-order valence-corrected chi connectivity index (χ0v) is 10.3. The minimum Gasteiger partial charge on any atom is -0.384 e. The molecule has 0 bridgehead atoms. The Morgan fingerprint density at radius 2 is 2.41 bits per heavy atom. The molecule has 2 rings (SSSR count). The van der Waals surface area contributed by atoms with Crippen molar-refractivity contribution < 1.29 is 9.90 Å². The molecule has 1 fully saturated rings. The minimum atomic E-state index is -0.152. The third kappa shape index (κ3) is 3.88. The van der Waals surface area contributed by atoms with Crippen molar-refractivity contribution in [2.24, 2.45) is 5.92 Å². The van der Waals surface area contributed by atoms with Crippen LogP contribution in [0.5, 0.6) is 0 Å². The molecule has 1 aliphatic rings. The average molecular weight is 249 g/mol. The summed E-state index contributed by atoms with van der Waals surface area (Å²) in [6.45, 7) is 0.609. The number of carbonyl (C=O) groups excluding carboxylic acids is 1. The van der Waals surface area contributed by atoms with Gasteiger partial charge in [-0.1, -0.05) is 24.7 Å². The highest BCUT2D eigenvalue weighted by Crippen LogP contribution is 2.31. The molecule has 0 aromatic carbocycles. The van der Waals surface area contributed by atoms with Gasteiger partial charge in [0.05, 0.1) is 10.4 Å². The van der Waals surface area contributed by atoms with Crippen molar-refractivity contribution in [3.8, 4) is 11.8 Å². The number of carbonyl (C=O) groups is 1. The number of aliphatic hydroxyl groups is 1. The van der Waals surface area contributed by atoms with Gasteiger partial charge in [0, 0.05) is 11.9 Å². The first-order chi connectivity index (χ1) is 8.29. The van der Waals surface area contributed by atoms with Gasteiger partial charge >= 0.3 is 0 Å². The molecule has 1 saturated carbocycles. The van der Waals surface area contributed by atoms with Crippen LogP contribution in [0, 0.1) is 17.8 Å². The fourth-order valence-electron chi connectivity index (χ4n) is 1.55. The molecule has 0 spiro atoms. The zero-order valence-electron chi connectivity index (χ0n) is 9.53. The number of thiophene rings is 1. The molecular formula is C13H15NO2S. The van der Waals surface area contributed by atoms with Gasteiger partial charge in [0.2, 0.25) is 0 Å². The van der Waals surface area contributed by atoms with E-state index in [0.29, 0.717) is 5.56 Å². The van der Waals surface area contributed by atoms with Crippen LogP contribution in [-0.4, -0.2) is 24.2 Å². The lowest BCUT2D eigenvalue weighted by atomic mass is 10.2. The van der Waals surface area contributed by atoms with Gasteiger partial charge in [-0.05, 0) is 18.4 Å². The molecule has 0 radical (unpaired) electrons. The summed E-state index contributed by atoms with van der Waals surface area (Å²) in [7, 11) is 0. The quantitative estimate of drug-likeness (QED) is 0.797. The molecule has 1 aromatic heterocycles. The van der Waals surface area contributed by atoms with Gasteiger partial charge in [-0.3, -0.25) is 4.79 Å². The highest BCUT2D eigenvalue weighted by molar-refractivity contribution is 7.10. The SMILES string of the molecule is O=C(NCCC1CC1)c1csc(C#CCO)c1. The Kier molecular flexibility index (Phi) is 4.18. The Balaban J connectivity index is 1.82. The Bertz CT molecular complexity index is 451. The third-order valence-electron chi connectivity index (χ3n) is 2.69. The van der Waals surface area contributed by atoms with Crippen molar-refractivity contribution in [2.75, 3.05) is 13.2 Å². The monoisotopic (exact) mass is 249 g/mol. The highest BCUT2D eigenvalue weighted by Gasteiger charge is 2.20. The van der Waals surface area contributed by atoms with E-state index in [0.717, 1.165) is 23.8 Å². The second kappa shape index (κ2) is 5.85. The van der Waals surface area contributed by atoms with Gasteiger partial charge in [-0.2, -0.15) is 0 Å². The molecule has 17 heavy (non-hydrogen) atoms. The van der Waals surface area contributed by atoms with Gasteiger partial charge in [-0.15, -0.1) is 11.3 Å². The number of aliphatic hydroxyl groups excluding tert-OH is 1. The normalized spacial score (nSPS) is 13.9. The Labute approximate surface area is 105 Å². The second-order valence-corrected chi connectivity index (χ2v) is 5.06. The van der Waals surface area contributed by atoms with Crippen LogP contribution < -0.4 is 5.32 Å². The maximum atomic E-state index is 11.7. The largest absolute Gasteiger partial charge is 0.384 e. The first kappa shape index (κ1) is 12.2. The summed E-state index contributed by atoms with van der Waals surface area (Å²) in [6.07, 6.45) is 3.72. The van der Waals surface area contributed by atoms with Crippen LogP contribution in [0.25, 0.3) is 0 Å². The summed E-state index contributed by atoms with van der Waals surface area (Å²) < 4.78 is 0. The van der Waals surface area contributed by atoms with Crippen LogP contribution in [0.3, 0.4) is 0 Å². The molecule has 0 saturated heterocycles. The molecule has 0 unspecified atom stereocenters. The summed E-state index contributed by atoms with van der Waals surface area (Å²) in [6, 6.07) is 1.76. The third-order valence-corrected chi connectivity index (χ3v) is 3.53. The van der Waals surface area contributed by atoms with E-state index in [4.69, 9.17) is 5.11 Å². The van der Waals surface area contributed by atoms with Crippen LogP contribution in [0.2, 0.25) is 0 Å². The summed E-state index contributed by atoms with van der Waals surface area (Å²) >= 11 is 1.42. The molecule has 0 atom stereocenters. The smallest absolute Gasteiger partial charge is 0.252 e. The number of nitrogens with one attached hydrogen (secondary N) is 1. The van der Waals surface area contributed by atoms with Crippen molar-refractivity contribution >= 4 is 17.2 Å². The van der Waals surface area contributed by atoms with E-state index in [-0.39, 0.29) is 12.5 Å². The molecule has 1 amide bonds. The van der Waals surface area contributed by atoms with E-state index in [9.17, 15) is 4.79 Å². The molecule has 0 aliphatic heterocycles. The zero-order chi connectivity index (χ0) is 12.1. The predicted molar refractivity (Wildman–Crippen MR) is 68.0 cm³/mol. The molecule has 1 aliphatic carbocycles. The lowest BCUT2D eigenvalue weighted by Gasteiger charge is -2.01. The van der Waals surface area contributed by atoms with Crippen LogP contribution in [0.1, 0.15) is 34.5 Å². The van der Waals surface area contributed by atoms with E-state index >= 15 is 0 Å². The minimum absolute atomic E-state index is 0.0288. The molecular weight excluding hydrogens is 234 g/mol. The fraction of sp³-hybridized carbons (Fsp3) is 0.462. The number of hydrogen-bond donors (Lipinski definition) is 2. The summed E-state index contributed by atoms with van der Waals surface area (Å²) in [5, 5.41) is 13.3. The summed E-state index contributed by atoms with van der Waals surface area (Å²) in [4.78, 5) is 12.5. The Morgan fingerprint density at radius 1 is 1.59 bits per heavy atom. The van der Waals surface area contributed by atoms with Gasteiger partial charge < -0.3 is 10.4 Å². The fourth-order valence-corrected chi connectivity index (χ4v) is 2.30. The van der Waals surface area contributed by atoms with Crippen molar-refractivity contribution in [3.63, 3.8) is 0 Å². The molecule has 90 valence electrons.